The van der Waals surface area contributed by atoms with Gasteiger partial charge in [-0.1, -0.05) is 34.1 Å². The van der Waals surface area contributed by atoms with Crippen LogP contribution in [0.5, 0.6) is 0 Å². The molecular weight excluding hydrogens is 322 g/mol. The number of nitrogen functional groups attached to an aromatic ring is 1. The maximum Gasteiger partial charge on any atom is 0.0577 e. The van der Waals surface area contributed by atoms with Crippen LogP contribution in [0, 0.1) is 13.8 Å². The summed E-state index contributed by atoms with van der Waals surface area (Å²) < 4.78 is 13.4. The summed E-state index contributed by atoms with van der Waals surface area (Å²) >= 11 is 3.37. The van der Waals surface area contributed by atoms with Crippen LogP contribution < -0.4 is 5.73 Å². The van der Waals surface area contributed by atoms with Crippen molar-refractivity contribution in [2.24, 2.45) is 0 Å². The maximum atomic E-state index is 12.5. The van der Waals surface area contributed by atoms with Crippen molar-refractivity contribution in [3.05, 3.63) is 57.6 Å². The molecule has 2 nitrogen and oxygen atoms in total. The SMILES string of the molecule is Cc1ccc(C)c(S(=O)Cc2ccc(Br)cc2N)c1. The van der Waals surface area contributed by atoms with Crippen molar-refractivity contribution in [2.45, 2.75) is 24.5 Å². The van der Waals surface area contributed by atoms with E-state index in [1.807, 2.05) is 50.2 Å². The molecule has 0 bridgehead atoms. The zero-order valence-corrected chi connectivity index (χ0v) is 13.3. The Morgan fingerprint density at radius 1 is 1.16 bits per heavy atom. The Kier molecular flexibility index (Phi) is 4.42. The van der Waals surface area contributed by atoms with Gasteiger partial charge in [-0.05, 0) is 48.7 Å². The Morgan fingerprint density at radius 2 is 1.89 bits per heavy atom. The fraction of sp³-hybridized carbons (Fsp3) is 0.200. The summed E-state index contributed by atoms with van der Waals surface area (Å²) in [4.78, 5) is 0.891. The summed E-state index contributed by atoms with van der Waals surface area (Å²) in [6.07, 6.45) is 0. The molecule has 0 heterocycles. The average molecular weight is 338 g/mol. The topological polar surface area (TPSA) is 43.1 Å². The fourth-order valence-corrected chi connectivity index (χ4v) is 3.69. The van der Waals surface area contributed by atoms with E-state index in [-0.39, 0.29) is 0 Å². The number of hydrogen-bond acceptors (Lipinski definition) is 2. The molecule has 0 aliphatic rings. The van der Waals surface area contributed by atoms with Gasteiger partial charge in [0.05, 0.1) is 16.6 Å². The number of nitrogens with two attached hydrogens (primary N) is 1. The molecule has 0 aliphatic heterocycles. The van der Waals surface area contributed by atoms with E-state index in [2.05, 4.69) is 15.9 Å². The molecule has 2 aromatic carbocycles. The van der Waals surface area contributed by atoms with Gasteiger partial charge in [0.25, 0.3) is 0 Å². The van der Waals surface area contributed by atoms with Gasteiger partial charge in [0.1, 0.15) is 0 Å². The predicted octanol–water partition coefficient (Wildman–Crippen LogP) is 3.96. The van der Waals surface area contributed by atoms with Gasteiger partial charge in [-0.3, -0.25) is 4.21 Å². The number of anilines is 1. The monoisotopic (exact) mass is 337 g/mol. The van der Waals surface area contributed by atoms with E-state index < -0.39 is 10.8 Å². The normalized spacial score (nSPS) is 12.4. The maximum absolute atomic E-state index is 12.5. The van der Waals surface area contributed by atoms with Crippen molar-refractivity contribution in [1.29, 1.82) is 0 Å². The molecule has 0 amide bonds. The highest BCUT2D eigenvalue weighted by Gasteiger charge is 2.10. The lowest BCUT2D eigenvalue weighted by molar-refractivity contribution is 0.682. The second-order valence-corrected chi connectivity index (χ2v) is 6.94. The first-order chi connectivity index (χ1) is 8.97. The third-order valence-electron chi connectivity index (χ3n) is 2.98. The van der Waals surface area contributed by atoms with Gasteiger partial charge >= 0.3 is 0 Å². The molecule has 2 N–H and O–H groups in total. The number of aryl methyl sites for hydroxylation is 2. The molecule has 0 aromatic heterocycles. The van der Waals surface area contributed by atoms with Crippen LogP contribution in [0.25, 0.3) is 0 Å². The summed E-state index contributed by atoms with van der Waals surface area (Å²) in [7, 11) is -1.07. The predicted molar refractivity (Wildman–Crippen MR) is 84.6 cm³/mol. The minimum Gasteiger partial charge on any atom is -0.398 e. The number of benzene rings is 2. The van der Waals surface area contributed by atoms with E-state index >= 15 is 0 Å². The Balaban J connectivity index is 2.28. The highest BCUT2D eigenvalue weighted by Crippen LogP contribution is 2.23. The third kappa shape index (κ3) is 3.45. The smallest absolute Gasteiger partial charge is 0.0577 e. The molecule has 0 saturated heterocycles. The highest BCUT2D eigenvalue weighted by molar-refractivity contribution is 9.10. The minimum atomic E-state index is -1.07. The molecule has 4 heteroatoms. The van der Waals surface area contributed by atoms with Crippen LogP contribution in [0.3, 0.4) is 0 Å². The molecule has 0 aliphatic carbocycles. The quantitative estimate of drug-likeness (QED) is 0.861. The molecule has 0 radical (unpaired) electrons. The first-order valence-electron chi connectivity index (χ1n) is 5.97. The van der Waals surface area contributed by atoms with Crippen LogP contribution >= 0.6 is 15.9 Å². The lowest BCUT2D eigenvalue weighted by atomic mass is 10.2. The van der Waals surface area contributed by atoms with E-state index in [1.54, 1.807) is 0 Å². The summed E-state index contributed by atoms with van der Waals surface area (Å²) in [5.41, 5.74) is 9.72. The molecule has 0 fully saturated rings. The summed E-state index contributed by atoms with van der Waals surface area (Å²) in [6.45, 7) is 3.99. The van der Waals surface area contributed by atoms with Crippen molar-refractivity contribution in [3.8, 4) is 0 Å². The molecule has 1 atom stereocenters. The van der Waals surface area contributed by atoms with Crippen molar-refractivity contribution < 1.29 is 4.21 Å². The van der Waals surface area contributed by atoms with Gasteiger partial charge in [0.15, 0.2) is 0 Å². The van der Waals surface area contributed by atoms with Crippen LogP contribution in [-0.2, 0) is 16.6 Å². The van der Waals surface area contributed by atoms with Crippen LogP contribution in [0.1, 0.15) is 16.7 Å². The van der Waals surface area contributed by atoms with E-state index in [0.717, 1.165) is 26.1 Å². The molecule has 2 aromatic rings. The molecule has 0 spiro atoms. The van der Waals surface area contributed by atoms with Crippen LogP contribution in [0.4, 0.5) is 5.69 Å². The van der Waals surface area contributed by atoms with Gasteiger partial charge in [0.2, 0.25) is 0 Å². The summed E-state index contributed by atoms with van der Waals surface area (Å²) in [6, 6.07) is 11.7. The van der Waals surface area contributed by atoms with E-state index in [0.29, 0.717) is 11.4 Å². The number of rotatable bonds is 3. The Morgan fingerprint density at radius 3 is 2.58 bits per heavy atom. The zero-order valence-electron chi connectivity index (χ0n) is 10.9. The Labute approximate surface area is 124 Å². The minimum absolute atomic E-state index is 0.448. The van der Waals surface area contributed by atoms with E-state index in [9.17, 15) is 4.21 Å². The summed E-state index contributed by atoms with van der Waals surface area (Å²) in [5, 5.41) is 0. The standard InChI is InChI=1S/C15H16BrNOS/c1-10-3-4-11(2)15(7-10)19(18)9-12-5-6-13(16)8-14(12)17/h3-8H,9,17H2,1-2H3. The van der Waals surface area contributed by atoms with Crippen molar-refractivity contribution in [3.63, 3.8) is 0 Å². The van der Waals surface area contributed by atoms with Crippen LogP contribution in [0.2, 0.25) is 0 Å². The van der Waals surface area contributed by atoms with Crippen LogP contribution in [0.15, 0.2) is 45.8 Å². The first-order valence-corrected chi connectivity index (χ1v) is 8.08. The van der Waals surface area contributed by atoms with Crippen LogP contribution in [-0.4, -0.2) is 4.21 Å². The first kappa shape index (κ1) is 14.3. The largest absolute Gasteiger partial charge is 0.398 e. The van der Waals surface area contributed by atoms with Crippen molar-refractivity contribution in [1.82, 2.24) is 0 Å². The van der Waals surface area contributed by atoms with Gasteiger partial charge in [0, 0.05) is 15.1 Å². The highest BCUT2D eigenvalue weighted by atomic mass is 79.9. The number of halogens is 1. The van der Waals surface area contributed by atoms with E-state index in [1.165, 1.54) is 0 Å². The molecule has 0 saturated carbocycles. The lowest BCUT2D eigenvalue weighted by Crippen LogP contribution is -2.02. The van der Waals surface area contributed by atoms with Gasteiger partial charge in [-0.2, -0.15) is 0 Å². The van der Waals surface area contributed by atoms with E-state index in [4.69, 9.17) is 5.73 Å². The summed E-state index contributed by atoms with van der Waals surface area (Å²) in [5.74, 6) is 0.448. The Bertz CT molecular complexity index is 640. The second kappa shape index (κ2) is 5.88. The molecule has 100 valence electrons. The number of hydrogen-bond donors (Lipinski definition) is 1. The van der Waals surface area contributed by atoms with Gasteiger partial charge < -0.3 is 5.73 Å². The Hall–Kier alpha value is -1.13. The van der Waals surface area contributed by atoms with Gasteiger partial charge in [-0.25, -0.2) is 0 Å². The molecule has 2 rings (SSSR count). The third-order valence-corrected chi connectivity index (χ3v) is 4.98. The molecule has 1 unspecified atom stereocenters. The lowest BCUT2D eigenvalue weighted by Gasteiger charge is -2.09. The van der Waals surface area contributed by atoms with Crippen molar-refractivity contribution in [2.75, 3.05) is 5.73 Å². The van der Waals surface area contributed by atoms with Gasteiger partial charge in [-0.15, -0.1) is 0 Å². The fourth-order valence-electron chi connectivity index (χ4n) is 1.87. The second-order valence-electron chi connectivity index (χ2n) is 4.60. The molecular formula is C15H16BrNOS. The average Bonchev–Trinajstić information content (AvgIpc) is 2.35. The van der Waals surface area contributed by atoms with Crippen molar-refractivity contribution >= 4 is 32.4 Å². The zero-order chi connectivity index (χ0) is 14.0. The molecule has 19 heavy (non-hydrogen) atoms.